The quantitative estimate of drug-likeness (QED) is 0.809. The summed E-state index contributed by atoms with van der Waals surface area (Å²) >= 11 is 0. The lowest BCUT2D eigenvalue weighted by atomic mass is 9.82. The minimum Gasteiger partial charge on any atom is -0.387 e. The van der Waals surface area contributed by atoms with Crippen LogP contribution in [0.3, 0.4) is 0 Å². The maximum Gasteiger partial charge on any atom is 0.0937 e. The zero-order chi connectivity index (χ0) is 19.6. The summed E-state index contributed by atoms with van der Waals surface area (Å²) in [6, 6.07) is 15.2. The Morgan fingerprint density at radius 2 is 1.44 bits per heavy atom. The van der Waals surface area contributed by atoms with Crippen molar-refractivity contribution in [2.75, 3.05) is 0 Å². The molecule has 5 heteroatoms. The molecule has 2 aromatic rings. The molecule has 1 fully saturated rings. The zero-order valence-electron chi connectivity index (χ0n) is 16.2. The predicted octanol–water partition coefficient (Wildman–Crippen LogP) is 4.28. The van der Waals surface area contributed by atoms with Gasteiger partial charge in [-0.3, -0.25) is 8.42 Å². The van der Waals surface area contributed by atoms with Gasteiger partial charge in [0.2, 0.25) is 0 Å². The van der Waals surface area contributed by atoms with E-state index in [0.29, 0.717) is 17.7 Å². The molecule has 0 amide bonds. The molecule has 5 atom stereocenters. The maximum absolute atomic E-state index is 13.3. The van der Waals surface area contributed by atoms with E-state index in [9.17, 15) is 13.5 Å². The Labute approximate surface area is 167 Å². The predicted molar refractivity (Wildman–Crippen MR) is 112 cm³/mol. The molecule has 0 spiro atoms. The summed E-state index contributed by atoms with van der Waals surface area (Å²) in [5.74, 6) is 0. The smallest absolute Gasteiger partial charge is 0.0937 e. The Morgan fingerprint density at radius 1 is 0.926 bits per heavy atom. The van der Waals surface area contributed by atoms with E-state index in [1.807, 2.05) is 69.3 Å². The van der Waals surface area contributed by atoms with Crippen LogP contribution in [0.2, 0.25) is 0 Å². The van der Waals surface area contributed by atoms with E-state index in [2.05, 4.69) is 0 Å². The van der Waals surface area contributed by atoms with Gasteiger partial charge in [0.05, 0.1) is 37.7 Å². The summed E-state index contributed by atoms with van der Waals surface area (Å²) < 4.78 is 26.4. The number of aryl methyl sites for hydroxylation is 2. The van der Waals surface area contributed by atoms with Gasteiger partial charge in [0.15, 0.2) is 0 Å². The molecule has 1 aliphatic carbocycles. The fourth-order valence-corrected chi connectivity index (χ4v) is 7.16. The summed E-state index contributed by atoms with van der Waals surface area (Å²) in [6.07, 6.45) is 3.03. The summed E-state index contributed by atoms with van der Waals surface area (Å²) in [5.41, 5.74) is 1.02. The van der Waals surface area contributed by atoms with Crippen LogP contribution in [-0.4, -0.2) is 29.6 Å². The number of aliphatic hydroxyl groups is 1. The molecule has 27 heavy (non-hydrogen) atoms. The average molecular weight is 405 g/mol. The van der Waals surface area contributed by atoms with Crippen LogP contribution in [0.5, 0.6) is 0 Å². The van der Waals surface area contributed by atoms with Crippen LogP contribution in [0, 0.1) is 13.8 Å². The Kier molecular flexibility index (Phi) is 6.34. The van der Waals surface area contributed by atoms with Crippen molar-refractivity contribution in [2.45, 2.75) is 72.3 Å². The fraction of sp³-hybridized carbons (Fsp3) is 0.455. The topological polar surface area (TPSA) is 54.4 Å². The molecule has 0 radical (unpaired) electrons. The SMILES string of the molecule is Cc1ccc(S(=O)[C@H]2CCCC[C@]2(O)[C@@H](C)S(=O)c2ccc(C)cc2)cc1. The van der Waals surface area contributed by atoms with Crippen molar-refractivity contribution in [1.82, 2.24) is 0 Å². The second-order valence-electron chi connectivity index (χ2n) is 7.59. The zero-order valence-corrected chi connectivity index (χ0v) is 17.8. The third-order valence-corrected chi connectivity index (χ3v) is 9.33. The normalized spacial score (nSPS) is 26.3. The highest BCUT2D eigenvalue weighted by Crippen LogP contribution is 2.39. The minimum atomic E-state index is -1.36. The van der Waals surface area contributed by atoms with Crippen molar-refractivity contribution in [3.63, 3.8) is 0 Å². The van der Waals surface area contributed by atoms with Crippen LogP contribution in [0.4, 0.5) is 0 Å². The van der Waals surface area contributed by atoms with Gasteiger partial charge in [0.1, 0.15) is 0 Å². The maximum atomic E-state index is 13.3. The first-order chi connectivity index (χ1) is 12.8. The lowest BCUT2D eigenvalue weighted by Crippen LogP contribution is -2.55. The second-order valence-corrected chi connectivity index (χ2v) is 11.0. The summed E-state index contributed by atoms with van der Waals surface area (Å²) in [5, 5.41) is 10.7. The van der Waals surface area contributed by atoms with Gasteiger partial charge in [0.25, 0.3) is 0 Å². The van der Waals surface area contributed by atoms with E-state index in [1.165, 1.54) is 0 Å². The van der Waals surface area contributed by atoms with Gasteiger partial charge in [-0.1, -0.05) is 48.2 Å². The molecular formula is C22H28O3S2. The van der Waals surface area contributed by atoms with E-state index < -0.39 is 37.7 Å². The van der Waals surface area contributed by atoms with Crippen LogP contribution < -0.4 is 0 Å². The van der Waals surface area contributed by atoms with Crippen molar-refractivity contribution >= 4 is 21.6 Å². The lowest BCUT2D eigenvalue weighted by molar-refractivity contribution is 0.0101. The Hall–Kier alpha value is -1.30. The Bertz CT molecular complexity index is 830. The first-order valence-electron chi connectivity index (χ1n) is 9.50. The van der Waals surface area contributed by atoms with Gasteiger partial charge in [-0.05, 0) is 57.9 Å². The molecule has 0 aliphatic heterocycles. The Morgan fingerprint density at radius 3 is 2.00 bits per heavy atom. The van der Waals surface area contributed by atoms with E-state index in [0.717, 1.165) is 28.9 Å². The first kappa shape index (κ1) is 20.4. The number of rotatable bonds is 5. The van der Waals surface area contributed by atoms with Gasteiger partial charge in [-0.25, -0.2) is 0 Å². The van der Waals surface area contributed by atoms with E-state index in [1.54, 1.807) is 0 Å². The van der Waals surface area contributed by atoms with Gasteiger partial charge < -0.3 is 5.11 Å². The molecule has 1 N–H and O–H groups in total. The molecule has 0 heterocycles. The van der Waals surface area contributed by atoms with Gasteiger partial charge >= 0.3 is 0 Å². The van der Waals surface area contributed by atoms with Crippen molar-refractivity contribution in [1.29, 1.82) is 0 Å². The molecular weight excluding hydrogens is 376 g/mol. The minimum absolute atomic E-state index is 0.404. The first-order valence-corrected chi connectivity index (χ1v) is 11.9. The van der Waals surface area contributed by atoms with Crippen molar-refractivity contribution in [3.8, 4) is 0 Å². The second kappa shape index (κ2) is 8.38. The fourth-order valence-electron chi connectivity index (χ4n) is 3.80. The number of hydrogen-bond donors (Lipinski definition) is 1. The highest BCUT2D eigenvalue weighted by Gasteiger charge is 2.49. The lowest BCUT2D eigenvalue weighted by Gasteiger charge is -2.43. The summed E-state index contributed by atoms with van der Waals surface area (Å²) in [4.78, 5) is 1.45. The summed E-state index contributed by atoms with van der Waals surface area (Å²) in [6.45, 7) is 5.82. The van der Waals surface area contributed by atoms with Crippen LogP contribution in [-0.2, 0) is 21.6 Å². The molecule has 3 nitrogen and oxygen atoms in total. The van der Waals surface area contributed by atoms with Crippen LogP contribution in [0.15, 0.2) is 58.3 Å². The average Bonchev–Trinajstić information content (AvgIpc) is 2.68. The van der Waals surface area contributed by atoms with E-state index >= 15 is 0 Å². The molecule has 0 bridgehead atoms. The molecule has 0 aromatic heterocycles. The number of hydrogen-bond acceptors (Lipinski definition) is 3. The molecule has 146 valence electrons. The molecule has 1 saturated carbocycles. The van der Waals surface area contributed by atoms with E-state index in [-0.39, 0.29) is 0 Å². The highest BCUT2D eigenvalue weighted by atomic mass is 32.2. The van der Waals surface area contributed by atoms with Crippen molar-refractivity contribution in [3.05, 3.63) is 59.7 Å². The Balaban J connectivity index is 1.89. The molecule has 3 rings (SSSR count). The van der Waals surface area contributed by atoms with E-state index in [4.69, 9.17) is 0 Å². The van der Waals surface area contributed by atoms with Crippen LogP contribution in [0.25, 0.3) is 0 Å². The van der Waals surface area contributed by atoms with Gasteiger partial charge in [-0.2, -0.15) is 0 Å². The number of benzene rings is 2. The van der Waals surface area contributed by atoms with Crippen LogP contribution >= 0.6 is 0 Å². The third-order valence-electron chi connectivity index (χ3n) is 5.64. The summed E-state index contributed by atoms with van der Waals surface area (Å²) in [7, 11) is -2.68. The molecule has 1 aliphatic rings. The highest BCUT2D eigenvalue weighted by molar-refractivity contribution is 7.86. The van der Waals surface area contributed by atoms with Gasteiger partial charge in [-0.15, -0.1) is 0 Å². The van der Waals surface area contributed by atoms with Crippen molar-refractivity contribution in [2.24, 2.45) is 0 Å². The van der Waals surface area contributed by atoms with Crippen LogP contribution in [0.1, 0.15) is 43.7 Å². The van der Waals surface area contributed by atoms with Gasteiger partial charge in [0, 0.05) is 9.79 Å². The standard InChI is InChI=1S/C22H28O3S2/c1-16-7-11-19(12-8-16)26(24)18(3)22(23)15-5-4-6-21(22)27(25)20-13-9-17(2)10-14-20/h7-14,18,21,23H,4-6,15H2,1-3H3/t18-,21+,22+,26?,27?/m1/s1. The monoisotopic (exact) mass is 404 g/mol. The van der Waals surface area contributed by atoms with Crippen molar-refractivity contribution < 1.29 is 13.5 Å². The molecule has 2 aromatic carbocycles. The molecule has 2 unspecified atom stereocenters. The third kappa shape index (κ3) is 4.25. The molecule has 0 saturated heterocycles. The largest absolute Gasteiger partial charge is 0.387 e.